The Bertz CT molecular complexity index is 424. The van der Waals surface area contributed by atoms with Crippen LogP contribution in [-0.4, -0.2) is 35.4 Å². The van der Waals surface area contributed by atoms with Gasteiger partial charge in [-0.15, -0.1) is 0 Å². The van der Waals surface area contributed by atoms with Gasteiger partial charge in [0.1, 0.15) is 0 Å². The summed E-state index contributed by atoms with van der Waals surface area (Å²) < 4.78 is 0. The number of carbonyl (C=O) groups is 1. The number of benzene rings is 1. The van der Waals surface area contributed by atoms with Crippen LogP contribution in [0.5, 0.6) is 0 Å². The van der Waals surface area contributed by atoms with Gasteiger partial charge in [0.25, 0.3) is 0 Å². The summed E-state index contributed by atoms with van der Waals surface area (Å²) in [7, 11) is 1.73. The fourth-order valence-corrected chi connectivity index (χ4v) is 1.72. The molecule has 0 atom stereocenters. The molecule has 0 aliphatic heterocycles. The lowest BCUT2D eigenvalue weighted by Crippen LogP contribution is -2.36. The first-order valence-corrected chi connectivity index (χ1v) is 5.27. The monoisotopic (exact) mass is 238 g/mol. The minimum atomic E-state index is -1.03. The topological polar surface area (TPSA) is 86.8 Å². The van der Waals surface area contributed by atoms with Crippen molar-refractivity contribution >= 4 is 17.3 Å². The van der Waals surface area contributed by atoms with Crippen LogP contribution in [0.2, 0.25) is 0 Å². The first kappa shape index (κ1) is 13.3. The van der Waals surface area contributed by atoms with E-state index in [2.05, 4.69) is 0 Å². The van der Waals surface area contributed by atoms with Crippen LogP contribution in [0.15, 0.2) is 18.2 Å². The number of hydrogen-bond donors (Lipinski definition) is 3. The molecule has 1 aromatic rings. The van der Waals surface area contributed by atoms with E-state index in [-0.39, 0.29) is 5.56 Å². The van der Waals surface area contributed by atoms with E-state index < -0.39 is 11.6 Å². The first-order chi connectivity index (χ1) is 7.70. The summed E-state index contributed by atoms with van der Waals surface area (Å²) in [6.07, 6.45) is 0. The highest BCUT2D eigenvalue weighted by molar-refractivity contribution is 5.95. The van der Waals surface area contributed by atoms with Gasteiger partial charge in [0.05, 0.1) is 16.9 Å². The molecule has 0 fully saturated rings. The van der Waals surface area contributed by atoms with E-state index >= 15 is 0 Å². The number of carboxylic acid groups (broad SMARTS) is 1. The number of nitrogen functional groups attached to an aromatic ring is 1. The zero-order chi connectivity index (χ0) is 13.2. The normalized spacial score (nSPS) is 11.3. The van der Waals surface area contributed by atoms with Gasteiger partial charge >= 0.3 is 5.97 Å². The Morgan fingerprint density at radius 2 is 2.06 bits per heavy atom. The molecule has 0 radical (unpaired) electrons. The zero-order valence-electron chi connectivity index (χ0n) is 10.3. The standard InChI is InChI=1S/C12H18N2O3/c1-12(2,17)7-14(3)10-5-4-8(13)6-9(10)11(15)16/h4-6,17H,7,13H2,1-3H3,(H,15,16). The summed E-state index contributed by atoms with van der Waals surface area (Å²) in [5.74, 6) is -1.03. The largest absolute Gasteiger partial charge is 0.478 e. The Balaban J connectivity index is 3.09. The number of nitrogens with zero attached hydrogens (tertiary/aromatic N) is 1. The summed E-state index contributed by atoms with van der Waals surface area (Å²) >= 11 is 0. The number of rotatable bonds is 4. The van der Waals surface area contributed by atoms with Crippen LogP contribution in [0, 0.1) is 0 Å². The molecule has 5 heteroatoms. The Hall–Kier alpha value is -1.75. The smallest absolute Gasteiger partial charge is 0.337 e. The zero-order valence-corrected chi connectivity index (χ0v) is 10.3. The van der Waals surface area contributed by atoms with Crippen LogP contribution in [0.3, 0.4) is 0 Å². The van der Waals surface area contributed by atoms with Crippen molar-refractivity contribution in [3.8, 4) is 0 Å². The summed E-state index contributed by atoms with van der Waals surface area (Å²) in [5, 5.41) is 18.8. The molecule has 0 saturated carbocycles. The second-order valence-corrected chi connectivity index (χ2v) is 4.75. The van der Waals surface area contributed by atoms with Crippen molar-refractivity contribution in [3.05, 3.63) is 23.8 Å². The number of aromatic carboxylic acids is 1. The molecule has 0 aliphatic carbocycles. The van der Waals surface area contributed by atoms with Gasteiger partial charge in [-0.3, -0.25) is 0 Å². The molecule has 0 heterocycles. The van der Waals surface area contributed by atoms with Gasteiger partial charge in [-0.1, -0.05) is 0 Å². The van der Waals surface area contributed by atoms with E-state index in [0.29, 0.717) is 17.9 Å². The lowest BCUT2D eigenvalue weighted by Gasteiger charge is -2.28. The van der Waals surface area contributed by atoms with Crippen LogP contribution >= 0.6 is 0 Å². The minimum Gasteiger partial charge on any atom is -0.478 e. The van der Waals surface area contributed by atoms with E-state index in [1.54, 1.807) is 37.9 Å². The molecule has 0 bridgehead atoms. The number of likely N-dealkylation sites (N-methyl/N-ethyl adjacent to an activating group) is 1. The minimum absolute atomic E-state index is 0.136. The summed E-state index contributed by atoms with van der Waals surface area (Å²) in [4.78, 5) is 12.8. The lowest BCUT2D eigenvalue weighted by atomic mass is 10.1. The molecule has 94 valence electrons. The van der Waals surface area contributed by atoms with Crippen molar-refractivity contribution in [2.24, 2.45) is 0 Å². The van der Waals surface area contributed by atoms with Gasteiger partial charge in [-0.2, -0.15) is 0 Å². The van der Waals surface area contributed by atoms with Crippen molar-refractivity contribution in [1.29, 1.82) is 0 Å². The van der Waals surface area contributed by atoms with Crippen molar-refractivity contribution in [3.63, 3.8) is 0 Å². The molecule has 0 aliphatic rings. The first-order valence-electron chi connectivity index (χ1n) is 5.27. The summed E-state index contributed by atoms with van der Waals surface area (Å²) in [6.45, 7) is 3.67. The molecule has 0 spiro atoms. The molecule has 5 nitrogen and oxygen atoms in total. The highest BCUT2D eigenvalue weighted by atomic mass is 16.4. The fraction of sp³-hybridized carbons (Fsp3) is 0.417. The molecule has 1 rings (SSSR count). The van der Waals surface area contributed by atoms with E-state index in [4.69, 9.17) is 10.8 Å². The van der Waals surface area contributed by atoms with E-state index in [1.165, 1.54) is 6.07 Å². The summed E-state index contributed by atoms with van der Waals surface area (Å²) in [5.41, 5.74) is 5.74. The molecule has 17 heavy (non-hydrogen) atoms. The number of carboxylic acids is 1. The Morgan fingerprint density at radius 3 is 2.53 bits per heavy atom. The molecular formula is C12H18N2O3. The quantitative estimate of drug-likeness (QED) is 0.685. The van der Waals surface area contributed by atoms with Gasteiger partial charge in [-0.05, 0) is 32.0 Å². The average molecular weight is 238 g/mol. The number of hydrogen-bond acceptors (Lipinski definition) is 4. The maximum absolute atomic E-state index is 11.1. The third-order valence-electron chi connectivity index (χ3n) is 2.29. The Kier molecular flexibility index (Phi) is 3.63. The van der Waals surface area contributed by atoms with Gasteiger partial charge in [0, 0.05) is 19.3 Å². The molecule has 0 saturated heterocycles. The SMILES string of the molecule is CN(CC(C)(C)O)c1ccc(N)cc1C(=O)O. The second kappa shape index (κ2) is 4.63. The van der Waals surface area contributed by atoms with Crippen molar-refractivity contribution in [2.75, 3.05) is 24.2 Å². The van der Waals surface area contributed by atoms with Crippen LogP contribution in [0.25, 0.3) is 0 Å². The van der Waals surface area contributed by atoms with Crippen molar-refractivity contribution in [2.45, 2.75) is 19.4 Å². The van der Waals surface area contributed by atoms with Crippen LogP contribution in [0.1, 0.15) is 24.2 Å². The Labute approximate surface area is 100 Å². The third kappa shape index (κ3) is 3.64. The second-order valence-electron chi connectivity index (χ2n) is 4.75. The van der Waals surface area contributed by atoms with E-state index in [0.717, 1.165) is 0 Å². The maximum atomic E-state index is 11.1. The number of aliphatic hydroxyl groups is 1. The van der Waals surface area contributed by atoms with E-state index in [9.17, 15) is 9.90 Å². The lowest BCUT2D eigenvalue weighted by molar-refractivity contribution is 0.0694. The molecule has 0 unspecified atom stereocenters. The molecule has 4 N–H and O–H groups in total. The predicted octanol–water partition coefficient (Wildman–Crippen LogP) is 1.17. The molecule has 0 aromatic heterocycles. The molecule has 1 aromatic carbocycles. The Morgan fingerprint density at radius 1 is 1.47 bits per heavy atom. The van der Waals surface area contributed by atoms with Crippen LogP contribution in [0.4, 0.5) is 11.4 Å². The third-order valence-corrected chi connectivity index (χ3v) is 2.29. The maximum Gasteiger partial charge on any atom is 0.337 e. The van der Waals surface area contributed by atoms with Gasteiger partial charge in [0.2, 0.25) is 0 Å². The number of nitrogens with two attached hydrogens (primary N) is 1. The van der Waals surface area contributed by atoms with Gasteiger partial charge < -0.3 is 20.8 Å². The molecule has 0 amide bonds. The van der Waals surface area contributed by atoms with Crippen LogP contribution < -0.4 is 10.6 Å². The fourth-order valence-electron chi connectivity index (χ4n) is 1.72. The summed E-state index contributed by atoms with van der Waals surface area (Å²) in [6, 6.07) is 4.70. The number of anilines is 2. The van der Waals surface area contributed by atoms with Gasteiger partial charge in [0.15, 0.2) is 0 Å². The van der Waals surface area contributed by atoms with Crippen molar-refractivity contribution in [1.82, 2.24) is 0 Å². The highest BCUT2D eigenvalue weighted by Gasteiger charge is 2.20. The van der Waals surface area contributed by atoms with Gasteiger partial charge in [-0.25, -0.2) is 4.79 Å². The molecular weight excluding hydrogens is 220 g/mol. The highest BCUT2D eigenvalue weighted by Crippen LogP contribution is 2.23. The predicted molar refractivity (Wildman–Crippen MR) is 67.4 cm³/mol. The average Bonchev–Trinajstić information content (AvgIpc) is 2.14. The van der Waals surface area contributed by atoms with Crippen LogP contribution in [-0.2, 0) is 0 Å². The van der Waals surface area contributed by atoms with Crippen molar-refractivity contribution < 1.29 is 15.0 Å². The van der Waals surface area contributed by atoms with E-state index in [1.807, 2.05) is 0 Å².